The highest BCUT2D eigenvalue weighted by Gasteiger charge is 2.39. The van der Waals surface area contributed by atoms with Crippen LogP contribution >= 0.6 is 0 Å². The molecule has 0 bridgehead atoms. The average Bonchev–Trinajstić information content (AvgIpc) is 2.95. The summed E-state index contributed by atoms with van der Waals surface area (Å²) in [4.78, 5) is 13.8. The zero-order valence-corrected chi connectivity index (χ0v) is 26.8. The Morgan fingerprint density at radius 3 is 2.21 bits per heavy atom. The van der Waals surface area contributed by atoms with E-state index in [9.17, 15) is 13.2 Å². The summed E-state index contributed by atoms with van der Waals surface area (Å²) in [7, 11) is -0.858. The molecule has 9 heteroatoms. The van der Waals surface area contributed by atoms with Gasteiger partial charge in [-0.15, -0.1) is 0 Å². The van der Waals surface area contributed by atoms with Crippen LogP contribution in [0.25, 0.3) is 0 Å². The molecule has 3 aromatic carbocycles. The highest BCUT2D eigenvalue weighted by atomic mass is 32.2. The third-order valence-corrected chi connectivity index (χ3v) is 9.49. The van der Waals surface area contributed by atoms with Gasteiger partial charge in [-0.25, -0.2) is 8.42 Å². The van der Waals surface area contributed by atoms with E-state index in [4.69, 9.17) is 14.2 Å². The van der Waals surface area contributed by atoms with Crippen molar-refractivity contribution >= 4 is 21.6 Å². The first-order valence-corrected chi connectivity index (χ1v) is 15.6. The molecule has 42 heavy (non-hydrogen) atoms. The molecule has 2 atom stereocenters. The monoisotopic (exact) mass is 594 g/mol. The van der Waals surface area contributed by atoms with E-state index in [0.717, 1.165) is 28.0 Å². The number of nitrogens with zero attached hydrogens (tertiary/aromatic N) is 1. The van der Waals surface area contributed by atoms with Crippen LogP contribution in [-0.4, -0.2) is 41.2 Å². The van der Waals surface area contributed by atoms with Crippen molar-refractivity contribution in [3.63, 3.8) is 0 Å². The molecule has 0 saturated heterocycles. The Balaban J connectivity index is 1.69. The van der Waals surface area contributed by atoms with Gasteiger partial charge in [-0.2, -0.15) is 0 Å². The molecule has 1 amide bonds. The number of anilines is 1. The third kappa shape index (κ3) is 6.21. The number of rotatable bonds is 8. The van der Waals surface area contributed by atoms with Gasteiger partial charge in [-0.3, -0.25) is 9.10 Å². The number of benzene rings is 3. The van der Waals surface area contributed by atoms with Crippen molar-refractivity contribution in [2.45, 2.75) is 76.8 Å². The first kappa shape index (κ1) is 31.2. The number of nitrogens with one attached hydrogen (secondary N) is 1. The lowest BCUT2D eigenvalue weighted by molar-refractivity contribution is -0.128. The first-order valence-electron chi connectivity index (χ1n) is 14.1. The fourth-order valence-corrected chi connectivity index (χ4v) is 6.62. The molecule has 4 rings (SSSR count). The molecule has 3 aromatic rings. The molecule has 0 aromatic heterocycles. The molecule has 8 nitrogen and oxygen atoms in total. The lowest BCUT2D eigenvalue weighted by Crippen LogP contribution is -2.51. The zero-order valence-electron chi connectivity index (χ0n) is 25.9. The summed E-state index contributed by atoms with van der Waals surface area (Å²) in [5.41, 5.74) is 4.13. The SMILES string of the molecule is COc1ccc(S(=O)(=O)N2C[C@H](C(=O)N[C@H](C)c3cc(C(C)C)c(OC)cc3C)Oc3ccc(C(C)(C)C)cc32)cc1. The van der Waals surface area contributed by atoms with E-state index in [1.165, 1.54) is 23.5 Å². The molecule has 0 fully saturated rings. The van der Waals surface area contributed by atoms with Crippen LogP contribution in [0.3, 0.4) is 0 Å². The number of methoxy groups -OCH3 is 2. The van der Waals surface area contributed by atoms with Gasteiger partial charge in [0.05, 0.1) is 37.4 Å². The third-order valence-electron chi connectivity index (χ3n) is 7.70. The van der Waals surface area contributed by atoms with Gasteiger partial charge in [0.2, 0.25) is 0 Å². The van der Waals surface area contributed by atoms with Gasteiger partial charge in [-0.1, -0.05) is 40.7 Å². The van der Waals surface area contributed by atoms with Gasteiger partial charge in [0, 0.05) is 0 Å². The fourth-order valence-electron chi connectivity index (χ4n) is 5.15. The van der Waals surface area contributed by atoms with Crippen LogP contribution < -0.4 is 23.8 Å². The smallest absolute Gasteiger partial charge is 0.264 e. The summed E-state index contributed by atoms with van der Waals surface area (Å²) in [6.07, 6.45) is -1.06. The van der Waals surface area contributed by atoms with Crippen molar-refractivity contribution in [1.82, 2.24) is 5.32 Å². The summed E-state index contributed by atoms with van der Waals surface area (Å²) >= 11 is 0. The highest BCUT2D eigenvalue weighted by molar-refractivity contribution is 7.92. The van der Waals surface area contributed by atoms with Gasteiger partial charge < -0.3 is 19.5 Å². The van der Waals surface area contributed by atoms with Crippen molar-refractivity contribution in [2.24, 2.45) is 0 Å². The number of hydrogen-bond acceptors (Lipinski definition) is 6. The molecule has 0 unspecified atom stereocenters. The first-order chi connectivity index (χ1) is 19.7. The maximum absolute atomic E-state index is 14.0. The Kier molecular flexibility index (Phi) is 8.83. The molecule has 1 N–H and O–H groups in total. The van der Waals surface area contributed by atoms with Gasteiger partial charge in [0.15, 0.2) is 6.10 Å². The summed E-state index contributed by atoms with van der Waals surface area (Å²) in [6, 6.07) is 15.4. The van der Waals surface area contributed by atoms with E-state index < -0.39 is 22.0 Å². The van der Waals surface area contributed by atoms with Crippen molar-refractivity contribution in [1.29, 1.82) is 0 Å². The van der Waals surface area contributed by atoms with Crippen molar-refractivity contribution in [2.75, 3.05) is 25.1 Å². The minimum atomic E-state index is -4.04. The van der Waals surface area contributed by atoms with E-state index in [-0.39, 0.29) is 28.8 Å². The van der Waals surface area contributed by atoms with E-state index >= 15 is 0 Å². The zero-order chi connectivity index (χ0) is 31.0. The largest absolute Gasteiger partial charge is 0.497 e. The molecule has 226 valence electrons. The molecule has 1 heterocycles. The summed E-state index contributed by atoms with van der Waals surface area (Å²) in [6.45, 7) is 14.1. The highest BCUT2D eigenvalue weighted by Crippen LogP contribution is 2.40. The fraction of sp³-hybridized carbons (Fsp3) is 0.424. The predicted octanol–water partition coefficient (Wildman–Crippen LogP) is 6.27. The van der Waals surface area contributed by atoms with E-state index in [2.05, 4.69) is 46.0 Å². The van der Waals surface area contributed by atoms with Gasteiger partial charge in [0.25, 0.3) is 15.9 Å². The second kappa shape index (κ2) is 11.9. The normalized spacial score (nSPS) is 16.0. The van der Waals surface area contributed by atoms with Gasteiger partial charge >= 0.3 is 0 Å². The van der Waals surface area contributed by atoms with E-state index in [1.54, 1.807) is 25.3 Å². The molecule has 1 aliphatic heterocycles. The van der Waals surface area contributed by atoms with Crippen molar-refractivity contribution in [3.05, 3.63) is 76.9 Å². The number of ether oxygens (including phenoxy) is 3. The molecule has 0 spiro atoms. The Labute approximate surface area is 250 Å². The number of sulfonamides is 1. The van der Waals surface area contributed by atoms with Crippen LogP contribution in [0.1, 0.15) is 75.8 Å². The summed E-state index contributed by atoms with van der Waals surface area (Å²) < 4.78 is 46.3. The molecule has 0 radical (unpaired) electrons. The second-order valence-electron chi connectivity index (χ2n) is 12.1. The second-order valence-corrected chi connectivity index (χ2v) is 13.9. The Morgan fingerprint density at radius 2 is 1.64 bits per heavy atom. The average molecular weight is 595 g/mol. The predicted molar refractivity (Wildman–Crippen MR) is 165 cm³/mol. The van der Waals surface area contributed by atoms with Gasteiger partial charge in [0.1, 0.15) is 17.2 Å². The minimum absolute atomic E-state index is 0.0971. The minimum Gasteiger partial charge on any atom is -0.497 e. The maximum Gasteiger partial charge on any atom is 0.264 e. The Bertz CT molecular complexity index is 1560. The number of fused-ring (bicyclic) bond motifs is 1. The Hall–Kier alpha value is -3.72. The van der Waals surface area contributed by atoms with Gasteiger partial charge in [-0.05, 0) is 96.0 Å². The number of carbonyl (C=O) groups is 1. The lowest BCUT2D eigenvalue weighted by atomic mass is 9.86. The van der Waals surface area contributed by atoms with Crippen LogP contribution in [0, 0.1) is 6.92 Å². The Morgan fingerprint density at radius 1 is 0.976 bits per heavy atom. The number of carbonyl (C=O) groups excluding carboxylic acids is 1. The standard InChI is InChI=1S/C33H42N2O6S/c1-20(2)26-18-27(21(3)16-30(26)40-9)22(4)34-32(36)31-19-35(42(37,38)25-13-11-24(39-8)12-14-25)28-17-23(33(5,6)7)10-15-29(28)41-31/h10-18,20,22,31H,19H2,1-9H3,(H,34,36)/t22-,31-/m1/s1. The molecule has 0 aliphatic carbocycles. The van der Waals surface area contributed by atoms with Crippen molar-refractivity contribution < 1.29 is 27.4 Å². The summed E-state index contributed by atoms with van der Waals surface area (Å²) in [5.74, 6) is 1.53. The summed E-state index contributed by atoms with van der Waals surface area (Å²) in [5, 5.41) is 3.06. The lowest BCUT2D eigenvalue weighted by Gasteiger charge is -2.36. The maximum atomic E-state index is 14.0. The van der Waals surface area contributed by atoms with Crippen LogP contribution in [0.2, 0.25) is 0 Å². The van der Waals surface area contributed by atoms with Crippen LogP contribution in [-0.2, 0) is 20.2 Å². The number of hydrogen-bond donors (Lipinski definition) is 1. The molecular formula is C33H42N2O6S. The molecular weight excluding hydrogens is 552 g/mol. The number of amides is 1. The molecule has 0 saturated carbocycles. The topological polar surface area (TPSA) is 94.2 Å². The van der Waals surface area contributed by atoms with Crippen LogP contribution in [0.4, 0.5) is 5.69 Å². The molecule has 1 aliphatic rings. The van der Waals surface area contributed by atoms with E-state index in [1.807, 2.05) is 32.0 Å². The number of aryl methyl sites for hydroxylation is 1. The van der Waals surface area contributed by atoms with Crippen LogP contribution in [0.5, 0.6) is 17.2 Å². The van der Waals surface area contributed by atoms with E-state index in [0.29, 0.717) is 17.2 Å². The van der Waals surface area contributed by atoms with Crippen molar-refractivity contribution in [3.8, 4) is 17.2 Å². The van der Waals surface area contributed by atoms with Crippen LogP contribution in [0.15, 0.2) is 59.5 Å². The quantitative estimate of drug-likeness (QED) is 0.331.